The lowest BCUT2D eigenvalue weighted by molar-refractivity contribution is -0.148. The number of aliphatic hydroxyl groups is 3. The lowest BCUT2D eigenvalue weighted by Crippen LogP contribution is -2.13. The summed E-state index contributed by atoms with van der Waals surface area (Å²) in [6.45, 7) is 5.84. The van der Waals surface area contributed by atoms with Gasteiger partial charge in [-0.05, 0) is 51.5 Å². The van der Waals surface area contributed by atoms with Gasteiger partial charge in [0.05, 0.1) is 12.2 Å². The summed E-state index contributed by atoms with van der Waals surface area (Å²) in [5.74, 6) is -0.408. The average Bonchev–Trinajstić information content (AvgIpc) is 2.74. The fraction of sp³-hybridized carbons (Fsp3) is 0.500. The van der Waals surface area contributed by atoms with Crippen LogP contribution in [0.5, 0.6) is 0 Å². The van der Waals surface area contributed by atoms with Crippen LogP contribution in [0.15, 0.2) is 72.6 Å². The second-order valence-electron chi connectivity index (χ2n) is 7.24. The molecule has 0 spiro atoms. The molecule has 0 aliphatic carbocycles. The number of carbonyl (C=O) groups excluding carboxylic acids is 1. The molecule has 0 aliphatic rings. The second kappa shape index (κ2) is 19.6. The Hall–Kier alpha value is -2.37. The van der Waals surface area contributed by atoms with Crippen molar-refractivity contribution in [3.05, 3.63) is 72.6 Å². The van der Waals surface area contributed by atoms with E-state index in [0.29, 0.717) is 25.7 Å². The fourth-order valence-corrected chi connectivity index (χ4v) is 2.35. The second-order valence-corrected chi connectivity index (χ2v) is 7.24. The summed E-state index contributed by atoms with van der Waals surface area (Å²) in [6, 6.07) is 0. The Labute approximate surface area is 187 Å². The van der Waals surface area contributed by atoms with Gasteiger partial charge in [0.25, 0.3) is 0 Å². The first-order chi connectivity index (χ1) is 14.9. The first kappa shape index (κ1) is 28.6. The van der Waals surface area contributed by atoms with Gasteiger partial charge in [-0.3, -0.25) is 4.79 Å². The summed E-state index contributed by atoms with van der Waals surface area (Å²) >= 11 is 0. The van der Waals surface area contributed by atoms with E-state index in [4.69, 9.17) is 4.74 Å². The zero-order chi connectivity index (χ0) is 23.3. The van der Waals surface area contributed by atoms with E-state index in [1.54, 1.807) is 6.08 Å². The highest BCUT2D eigenvalue weighted by atomic mass is 16.5. The average molecular weight is 433 g/mol. The number of hydrogen-bond donors (Lipinski definition) is 3. The fourth-order valence-electron chi connectivity index (χ4n) is 2.35. The van der Waals surface area contributed by atoms with E-state index >= 15 is 0 Å². The van der Waals surface area contributed by atoms with Gasteiger partial charge in [-0.1, -0.05) is 74.6 Å². The number of aliphatic hydroxyl groups excluding tert-OH is 3. The highest BCUT2D eigenvalue weighted by Gasteiger charge is 2.10. The Morgan fingerprint density at radius 3 is 2.29 bits per heavy atom. The topological polar surface area (TPSA) is 87.0 Å². The molecule has 0 saturated carbocycles. The molecule has 0 fully saturated rings. The highest BCUT2D eigenvalue weighted by Crippen LogP contribution is 2.09. The molecule has 0 bridgehead atoms. The van der Waals surface area contributed by atoms with Crippen LogP contribution in [-0.2, 0) is 9.53 Å². The van der Waals surface area contributed by atoms with Gasteiger partial charge in [0.15, 0.2) is 0 Å². The zero-order valence-electron chi connectivity index (χ0n) is 19.2. The Bertz CT molecular complexity index is 640. The van der Waals surface area contributed by atoms with Crippen LogP contribution in [0.4, 0.5) is 0 Å². The van der Waals surface area contributed by atoms with Gasteiger partial charge < -0.3 is 20.1 Å². The SMILES string of the molecule is CC/C=C\C[C@H](O)/C=C/C=C\C=C\C=C\CC[C@@H](O)/C(O)=C\CCC(=O)OC(C)CC. The molecule has 5 nitrogen and oxygen atoms in total. The molecule has 0 aromatic rings. The van der Waals surface area contributed by atoms with Crippen LogP contribution in [0.3, 0.4) is 0 Å². The summed E-state index contributed by atoms with van der Waals surface area (Å²) in [7, 11) is 0. The predicted octanol–water partition coefficient (Wildman–Crippen LogP) is 5.63. The van der Waals surface area contributed by atoms with Crippen LogP contribution >= 0.6 is 0 Å². The third kappa shape index (κ3) is 18.1. The standard InChI is InChI=1S/C26H40O5/c1-4-6-13-17-23(27)18-14-11-9-7-8-10-12-15-19-24(28)25(29)20-16-21-26(30)31-22(3)5-2/h6-14,18,20,22-24,27-29H,4-5,15-17,19,21H2,1-3H3/b8-7+,11-9-,12-10+,13-6-,18-14+,25-20+/t22?,23-,24+/m0/s1. The molecule has 3 N–H and O–H groups in total. The van der Waals surface area contributed by atoms with Crippen molar-refractivity contribution < 1.29 is 24.9 Å². The molecule has 0 saturated heterocycles. The van der Waals surface area contributed by atoms with Crippen LogP contribution in [-0.4, -0.2) is 39.6 Å². The van der Waals surface area contributed by atoms with Gasteiger partial charge in [-0.25, -0.2) is 0 Å². The number of hydrogen-bond acceptors (Lipinski definition) is 5. The van der Waals surface area contributed by atoms with Gasteiger partial charge >= 0.3 is 5.97 Å². The van der Waals surface area contributed by atoms with Crippen molar-refractivity contribution >= 4 is 5.97 Å². The number of rotatable bonds is 16. The van der Waals surface area contributed by atoms with Crippen molar-refractivity contribution in [3.8, 4) is 0 Å². The molecular weight excluding hydrogens is 392 g/mol. The van der Waals surface area contributed by atoms with Gasteiger partial charge in [-0.15, -0.1) is 0 Å². The molecule has 5 heteroatoms. The smallest absolute Gasteiger partial charge is 0.306 e. The van der Waals surface area contributed by atoms with Crippen LogP contribution in [0.25, 0.3) is 0 Å². The highest BCUT2D eigenvalue weighted by molar-refractivity contribution is 5.69. The molecule has 31 heavy (non-hydrogen) atoms. The Morgan fingerprint density at radius 2 is 1.61 bits per heavy atom. The maximum atomic E-state index is 11.6. The largest absolute Gasteiger partial charge is 0.510 e. The number of ether oxygens (including phenoxy) is 1. The van der Waals surface area contributed by atoms with Gasteiger partial charge in [0.2, 0.25) is 0 Å². The van der Waals surface area contributed by atoms with Crippen LogP contribution in [0.2, 0.25) is 0 Å². The minimum absolute atomic E-state index is 0.102. The maximum Gasteiger partial charge on any atom is 0.306 e. The van der Waals surface area contributed by atoms with Gasteiger partial charge in [-0.2, -0.15) is 0 Å². The molecule has 0 radical (unpaired) electrons. The summed E-state index contributed by atoms with van der Waals surface area (Å²) in [4.78, 5) is 11.6. The zero-order valence-corrected chi connectivity index (χ0v) is 19.2. The van der Waals surface area contributed by atoms with E-state index < -0.39 is 12.2 Å². The van der Waals surface area contributed by atoms with E-state index in [1.165, 1.54) is 6.08 Å². The summed E-state index contributed by atoms with van der Waals surface area (Å²) in [5.41, 5.74) is 0. The van der Waals surface area contributed by atoms with E-state index in [-0.39, 0.29) is 24.3 Å². The summed E-state index contributed by atoms with van der Waals surface area (Å²) in [5, 5.41) is 29.5. The minimum atomic E-state index is -0.942. The number of carbonyl (C=O) groups is 1. The molecule has 0 aliphatic heterocycles. The Morgan fingerprint density at radius 1 is 0.935 bits per heavy atom. The molecular formula is C26H40O5. The molecule has 3 atom stereocenters. The summed E-state index contributed by atoms with van der Waals surface area (Å²) < 4.78 is 5.15. The maximum absolute atomic E-state index is 11.6. The molecule has 1 unspecified atom stereocenters. The number of allylic oxidation sites excluding steroid dienone is 9. The molecule has 174 valence electrons. The van der Waals surface area contributed by atoms with Crippen molar-refractivity contribution in [1.82, 2.24) is 0 Å². The molecule has 0 rings (SSSR count). The predicted molar refractivity (Wildman–Crippen MR) is 128 cm³/mol. The van der Waals surface area contributed by atoms with E-state index in [1.807, 2.05) is 68.5 Å². The third-order valence-electron chi connectivity index (χ3n) is 4.36. The van der Waals surface area contributed by atoms with Crippen LogP contribution < -0.4 is 0 Å². The Kier molecular flexibility index (Phi) is 18.1. The molecule has 0 aromatic heterocycles. The van der Waals surface area contributed by atoms with E-state index in [0.717, 1.165) is 12.8 Å². The van der Waals surface area contributed by atoms with Crippen molar-refractivity contribution in [2.24, 2.45) is 0 Å². The number of esters is 1. The van der Waals surface area contributed by atoms with Crippen LogP contribution in [0, 0.1) is 0 Å². The van der Waals surface area contributed by atoms with Crippen LogP contribution in [0.1, 0.15) is 65.7 Å². The van der Waals surface area contributed by atoms with E-state index in [2.05, 4.69) is 6.92 Å². The normalized spacial score (nSPS) is 16.2. The molecule has 0 aromatic carbocycles. The van der Waals surface area contributed by atoms with Crippen molar-refractivity contribution in [3.63, 3.8) is 0 Å². The lowest BCUT2D eigenvalue weighted by atomic mass is 10.1. The van der Waals surface area contributed by atoms with Crippen molar-refractivity contribution in [2.45, 2.75) is 84.0 Å². The molecule has 0 amide bonds. The quantitative estimate of drug-likeness (QED) is 0.127. The minimum Gasteiger partial charge on any atom is -0.510 e. The van der Waals surface area contributed by atoms with Crippen molar-refractivity contribution in [2.75, 3.05) is 0 Å². The van der Waals surface area contributed by atoms with Gasteiger partial charge in [0.1, 0.15) is 11.9 Å². The van der Waals surface area contributed by atoms with Crippen molar-refractivity contribution in [1.29, 1.82) is 0 Å². The lowest BCUT2D eigenvalue weighted by Gasteiger charge is -2.10. The molecule has 0 heterocycles. The third-order valence-corrected chi connectivity index (χ3v) is 4.36. The monoisotopic (exact) mass is 432 g/mol. The van der Waals surface area contributed by atoms with Gasteiger partial charge in [0, 0.05) is 6.42 Å². The van der Waals surface area contributed by atoms with E-state index in [9.17, 15) is 20.1 Å². The first-order valence-electron chi connectivity index (χ1n) is 11.2. The first-order valence-corrected chi connectivity index (χ1v) is 11.2. The summed E-state index contributed by atoms with van der Waals surface area (Å²) in [6.07, 6.45) is 22.7. The Balaban J connectivity index is 4.04.